The van der Waals surface area contributed by atoms with E-state index in [4.69, 9.17) is 0 Å². The van der Waals surface area contributed by atoms with Gasteiger partial charge in [-0.1, -0.05) is 42.5 Å². The number of halogens is 1. The average molecular weight is 353 g/mol. The molecule has 0 bridgehead atoms. The summed E-state index contributed by atoms with van der Waals surface area (Å²) in [5.74, 6) is 0. The minimum atomic E-state index is -3.48. The molecule has 0 radical (unpaired) electrons. The van der Waals surface area contributed by atoms with Crippen molar-refractivity contribution in [2.24, 2.45) is 0 Å². The maximum absolute atomic E-state index is 12.5. The first-order valence-corrected chi connectivity index (χ1v) is 9.02. The lowest BCUT2D eigenvalue weighted by molar-refractivity contribution is 0.428. The van der Waals surface area contributed by atoms with E-state index in [1.807, 2.05) is 36.4 Å². The fraction of sp³-hybridized carbons (Fsp3) is 0.294. The van der Waals surface area contributed by atoms with E-state index in [9.17, 15) is 8.42 Å². The second kappa shape index (κ2) is 7.93. The van der Waals surface area contributed by atoms with Crippen LogP contribution in [0.2, 0.25) is 0 Å². The van der Waals surface area contributed by atoms with Gasteiger partial charge in [0.2, 0.25) is 10.0 Å². The Kier molecular flexibility index (Phi) is 6.18. The van der Waals surface area contributed by atoms with Crippen LogP contribution in [0.25, 0.3) is 11.1 Å². The zero-order valence-corrected chi connectivity index (χ0v) is 14.4. The zero-order valence-electron chi connectivity index (χ0n) is 12.7. The summed E-state index contributed by atoms with van der Waals surface area (Å²) >= 11 is 0. The molecule has 4 nitrogen and oxygen atoms in total. The molecule has 1 aliphatic heterocycles. The Morgan fingerprint density at radius 2 is 1.74 bits per heavy atom. The van der Waals surface area contributed by atoms with Crippen molar-refractivity contribution < 1.29 is 8.42 Å². The van der Waals surface area contributed by atoms with Crippen molar-refractivity contribution in [1.82, 2.24) is 10.0 Å². The van der Waals surface area contributed by atoms with Crippen LogP contribution in [0.15, 0.2) is 59.5 Å². The van der Waals surface area contributed by atoms with E-state index in [-0.39, 0.29) is 18.4 Å². The van der Waals surface area contributed by atoms with Crippen LogP contribution in [0.3, 0.4) is 0 Å². The van der Waals surface area contributed by atoms with Gasteiger partial charge in [0.05, 0.1) is 4.90 Å². The van der Waals surface area contributed by atoms with Gasteiger partial charge in [0, 0.05) is 12.6 Å². The molecule has 0 amide bonds. The molecule has 0 spiro atoms. The van der Waals surface area contributed by atoms with Crippen molar-refractivity contribution in [3.8, 4) is 11.1 Å². The molecule has 1 aliphatic rings. The quantitative estimate of drug-likeness (QED) is 0.889. The molecule has 2 N–H and O–H groups in total. The van der Waals surface area contributed by atoms with Gasteiger partial charge in [-0.25, -0.2) is 13.1 Å². The monoisotopic (exact) mass is 352 g/mol. The lowest BCUT2D eigenvalue weighted by Crippen LogP contribution is -2.45. The largest absolute Gasteiger partial charge is 0.315 e. The highest BCUT2D eigenvalue weighted by Crippen LogP contribution is 2.22. The van der Waals surface area contributed by atoms with Crippen molar-refractivity contribution in [2.45, 2.75) is 23.8 Å². The summed E-state index contributed by atoms with van der Waals surface area (Å²) < 4.78 is 27.9. The first-order valence-electron chi connectivity index (χ1n) is 7.54. The first-order chi connectivity index (χ1) is 10.6. The van der Waals surface area contributed by atoms with Gasteiger partial charge < -0.3 is 5.32 Å². The number of sulfonamides is 1. The number of nitrogens with one attached hydrogen (secondary N) is 2. The highest BCUT2D eigenvalue weighted by atomic mass is 35.5. The van der Waals surface area contributed by atoms with E-state index >= 15 is 0 Å². The second-order valence-corrected chi connectivity index (χ2v) is 7.27. The van der Waals surface area contributed by atoms with Gasteiger partial charge in [-0.3, -0.25) is 0 Å². The van der Waals surface area contributed by atoms with Crippen LogP contribution < -0.4 is 10.0 Å². The lowest BCUT2D eigenvalue weighted by atomic mass is 10.1. The molecule has 1 heterocycles. The summed E-state index contributed by atoms with van der Waals surface area (Å²) in [6, 6.07) is 16.9. The van der Waals surface area contributed by atoms with Crippen LogP contribution in [0.1, 0.15) is 12.8 Å². The van der Waals surface area contributed by atoms with Gasteiger partial charge >= 0.3 is 0 Å². The molecule has 3 rings (SSSR count). The molecular formula is C17H21ClN2O2S. The number of piperidine rings is 1. The van der Waals surface area contributed by atoms with Crippen LogP contribution in [0, 0.1) is 0 Å². The number of hydrogen-bond acceptors (Lipinski definition) is 3. The van der Waals surface area contributed by atoms with E-state index in [0.717, 1.165) is 30.5 Å². The lowest BCUT2D eigenvalue weighted by Gasteiger charge is -2.23. The van der Waals surface area contributed by atoms with Crippen LogP contribution in [-0.4, -0.2) is 27.5 Å². The highest BCUT2D eigenvalue weighted by molar-refractivity contribution is 7.89. The average Bonchev–Trinajstić information content (AvgIpc) is 2.56. The summed E-state index contributed by atoms with van der Waals surface area (Å²) in [5, 5.41) is 3.22. The van der Waals surface area contributed by atoms with Gasteiger partial charge in [0.25, 0.3) is 0 Å². The Balaban J connectivity index is 0.00000192. The predicted molar refractivity (Wildman–Crippen MR) is 95.3 cm³/mol. The third-order valence-electron chi connectivity index (χ3n) is 3.87. The first kappa shape index (κ1) is 17.9. The molecule has 1 fully saturated rings. The summed E-state index contributed by atoms with van der Waals surface area (Å²) in [5.41, 5.74) is 1.92. The zero-order chi connectivity index (χ0) is 15.4. The van der Waals surface area contributed by atoms with Crippen LogP contribution >= 0.6 is 12.4 Å². The molecule has 0 aliphatic carbocycles. The van der Waals surface area contributed by atoms with Gasteiger partial charge in [0.1, 0.15) is 0 Å². The molecule has 0 aromatic heterocycles. The third-order valence-corrected chi connectivity index (χ3v) is 5.39. The van der Waals surface area contributed by atoms with E-state index in [0.29, 0.717) is 11.4 Å². The maximum Gasteiger partial charge on any atom is 0.240 e. The van der Waals surface area contributed by atoms with Crippen LogP contribution in [-0.2, 0) is 10.0 Å². The van der Waals surface area contributed by atoms with Gasteiger partial charge in [-0.05, 0) is 42.6 Å². The Morgan fingerprint density at radius 3 is 2.43 bits per heavy atom. The Morgan fingerprint density at radius 1 is 1.00 bits per heavy atom. The molecule has 6 heteroatoms. The minimum Gasteiger partial charge on any atom is -0.315 e. The number of hydrogen-bond donors (Lipinski definition) is 2. The smallest absolute Gasteiger partial charge is 0.240 e. The van der Waals surface area contributed by atoms with Gasteiger partial charge in [-0.15, -0.1) is 12.4 Å². The van der Waals surface area contributed by atoms with E-state index < -0.39 is 10.0 Å². The number of rotatable bonds is 4. The summed E-state index contributed by atoms with van der Waals surface area (Å²) in [7, 11) is -3.48. The van der Waals surface area contributed by atoms with Crippen LogP contribution in [0.5, 0.6) is 0 Å². The molecule has 2 aromatic carbocycles. The van der Waals surface area contributed by atoms with Crippen molar-refractivity contribution in [3.63, 3.8) is 0 Å². The molecule has 1 atom stereocenters. The fourth-order valence-corrected chi connectivity index (χ4v) is 4.03. The summed E-state index contributed by atoms with van der Waals surface area (Å²) in [6.45, 7) is 1.65. The van der Waals surface area contributed by atoms with E-state index in [2.05, 4.69) is 10.0 Å². The highest BCUT2D eigenvalue weighted by Gasteiger charge is 2.21. The predicted octanol–water partition coefficient (Wildman–Crippen LogP) is 2.81. The normalized spacial score (nSPS) is 18.2. The Labute approximate surface area is 143 Å². The van der Waals surface area contributed by atoms with Crippen molar-refractivity contribution in [2.75, 3.05) is 13.1 Å². The van der Waals surface area contributed by atoms with Crippen molar-refractivity contribution in [1.29, 1.82) is 0 Å². The third kappa shape index (κ3) is 4.54. The summed E-state index contributed by atoms with van der Waals surface area (Å²) in [4.78, 5) is 0.319. The molecular weight excluding hydrogens is 332 g/mol. The topological polar surface area (TPSA) is 58.2 Å². The van der Waals surface area contributed by atoms with Crippen molar-refractivity contribution >= 4 is 22.4 Å². The molecule has 124 valence electrons. The summed E-state index contributed by atoms with van der Waals surface area (Å²) in [6.07, 6.45) is 1.88. The van der Waals surface area contributed by atoms with Crippen molar-refractivity contribution in [3.05, 3.63) is 54.6 Å². The molecule has 23 heavy (non-hydrogen) atoms. The minimum absolute atomic E-state index is 0. The van der Waals surface area contributed by atoms with E-state index in [1.165, 1.54) is 0 Å². The number of benzene rings is 2. The Hall–Kier alpha value is -1.40. The molecule has 1 saturated heterocycles. The SMILES string of the molecule is Cl.O=S(=O)(N[C@@H]1CCCNC1)c1cccc(-c2ccccc2)c1. The molecule has 0 saturated carbocycles. The standard InChI is InChI=1S/C17H20N2O2S.ClH/c20-22(21,19-16-9-5-11-18-13-16)17-10-4-8-15(12-17)14-6-2-1-3-7-14;/h1-4,6-8,10,12,16,18-19H,5,9,11,13H2;1H/t16-;/m1./s1. The maximum atomic E-state index is 12.5. The fourth-order valence-electron chi connectivity index (χ4n) is 2.71. The van der Waals surface area contributed by atoms with Gasteiger partial charge in [0.15, 0.2) is 0 Å². The Bertz CT molecular complexity index is 729. The molecule has 2 aromatic rings. The van der Waals surface area contributed by atoms with Crippen LogP contribution in [0.4, 0.5) is 0 Å². The van der Waals surface area contributed by atoms with E-state index in [1.54, 1.807) is 18.2 Å². The molecule has 0 unspecified atom stereocenters. The second-order valence-electron chi connectivity index (χ2n) is 5.56. The van der Waals surface area contributed by atoms with Gasteiger partial charge in [-0.2, -0.15) is 0 Å².